The molecular weight excluding hydrogens is 133 g/mol. The summed E-state index contributed by atoms with van der Waals surface area (Å²) in [7, 11) is 0. The largest absolute Gasteiger partial charge is 1.00 e. The van der Waals surface area contributed by atoms with Crippen LogP contribution < -0.4 is 35.0 Å². The maximum absolute atomic E-state index is 9.95. The molecule has 0 fully saturated rings. The van der Waals surface area contributed by atoms with Crippen LogP contribution in [-0.4, -0.2) is 11.0 Å². The van der Waals surface area contributed by atoms with Gasteiger partial charge in [-0.2, -0.15) is 5.43 Å². The van der Waals surface area contributed by atoms with E-state index in [1.54, 1.807) is 13.8 Å². The number of hydrogen-bond donors (Lipinski definition) is 1. The summed E-state index contributed by atoms with van der Waals surface area (Å²) in [4.78, 5) is -0.106. The predicted molar refractivity (Wildman–Crippen MR) is 27.7 cm³/mol. The SMILES string of the molecule is CC(C)N/[N+]([O-])=N\[O-].[Na+]. The van der Waals surface area contributed by atoms with E-state index in [0.717, 1.165) is 0 Å². The van der Waals surface area contributed by atoms with E-state index < -0.39 is 0 Å². The first-order valence-corrected chi connectivity index (χ1v) is 2.23. The number of rotatable bonds is 2. The normalized spacial score (nSPS) is 10.8. The van der Waals surface area contributed by atoms with Crippen molar-refractivity contribution < 1.29 is 34.5 Å². The quantitative estimate of drug-likeness (QED) is 0.198. The molecule has 9 heavy (non-hydrogen) atoms. The Hall–Kier alpha value is 0. The fourth-order valence-electron chi connectivity index (χ4n) is 0.244. The third-order valence-electron chi connectivity index (χ3n) is 0.443. The maximum atomic E-state index is 9.95. The maximum Gasteiger partial charge on any atom is 1.00 e. The minimum absolute atomic E-state index is 0. The Kier molecular flexibility index (Phi) is 8.00. The van der Waals surface area contributed by atoms with Gasteiger partial charge < -0.3 is 10.4 Å². The van der Waals surface area contributed by atoms with Crippen molar-refractivity contribution in [2.45, 2.75) is 19.9 Å². The Balaban J connectivity index is 0. The molecule has 0 radical (unpaired) electrons. The van der Waals surface area contributed by atoms with Crippen LogP contribution in [0.2, 0.25) is 0 Å². The monoisotopic (exact) mass is 141 g/mol. The average Bonchev–Trinajstić information content (AvgIpc) is 1.65. The van der Waals surface area contributed by atoms with Crippen molar-refractivity contribution in [3.8, 4) is 0 Å². The average molecular weight is 141 g/mol. The van der Waals surface area contributed by atoms with Gasteiger partial charge in [-0.15, -0.1) is 0 Å². The van der Waals surface area contributed by atoms with Gasteiger partial charge in [-0.25, -0.2) is 0 Å². The van der Waals surface area contributed by atoms with Crippen molar-refractivity contribution in [3.63, 3.8) is 0 Å². The molecule has 0 unspecified atom stereocenters. The van der Waals surface area contributed by atoms with Crippen LogP contribution in [0, 0.1) is 10.4 Å². The fourth-order valence-corrected chi connectivity index (χ4v) is 0.244. The molecule has 0 aliphatic carbocycles. The zero-order valence-electron chi connectivity index (χ0n) is 5.79. The predicted octanol–water partition coefficient (Wildman–Crippen LogP) is -2.64. The van der Waals surface area contributed by atoms with Gasteiger partial charge in [0.15, 0.2) is 0 Å². The third-order valence-corrected chi connectivity index (χ3v) is 0.443. The molecule has 5 nitrogen and oxygen atoms in total. The van der Waals surface area contributed by atoms with Gasteiger partial charge in [0.1, 0.15) is 0 Å². The molecule has 1 N–H and O–H groups in total. The molecular formula is C3H8N3NaO2. The van der Waals surface area contributed by atoms with Gasteiger partial charge in [0, 0.05) is 4.97 Å². The molecule has 0 aromatic carbocycles. The Morgan fingerprint density at radius 2 is 2.00 bits per heavy atom. The first-order valence-electron chi connectivity index (χ1n) is 2.23. The molecule has 0 aliphatic rings. The van der Waals surface area contributed by atoms with E-state index in [0.29, 0.717) is 0 Å². The van der Waals surface area contributed by atoms with E-state index in [-0.39, 0.29) is 40.6 Å². The third kappa shape index (κ3) is 8.00. The summed E-state index contributed by atoms with van der Waals surface area (Å²) in [5, 5.41) is 21.3. The summed E-state index contributed by atoms with van der Waals surface area (Å²) >= 11 is 0. The van der Waals surface area contributed by atoms with E-state index in [1.165, 1.54) is 0 Å². The van der Waals surface area contributed by atoms with Crippen molar-refractivity contribution in [2.75, 3.05) is 0 Å². The van der Waals surface area contributed by atoms with Crippen LogP contribution in [0.5, 0.6) is 0 Å². The summed E-state index contributed by atoms with van der Waals surface area (Å²) in [5.74, 6) is 0. The van der Waals surface area contributed by atoms with Crippen LogP contribution in [0.25, 0.3) is 0 Å². The minimum atomic E-state index is -0.106. The van der Waals surface area contributed by atoms with Crippen molar-refractivity contribution in [1.29, 1.82) is 0 Å². The molecule has 0 saturated carbocycles. The molecule has 0 bridgehead atoms. The Morgan fingerprint density at radius 3 is 2.11 bits per heavy atom. The number of hydrogen-bond acceptors (Lipinski definition) is 3. The molecule has 0 atom stereocenters. The molecule has 48 valence electrons. The van der Waals surface area contributed by atoms with Gasteiger partial charge in [0.05, 0.1) is 6.04 Å². The number of nitrogens with one attached hydrogen (secondary N) is 1. The van der Waals surface area contributed by atoms with Crippen molar-refractivity contribution >= 4 is 0 Å². The Bertz CT molecular complexity index is 95.1. The number of hydrazine groups is 1. The van der Waals surface area contributed by atoms with Crippen LogP contribution in [-0.2, 0) is 0 Å². The summed E-state index contributed by atoms with van der Waals surface area (Å²) in [6.07, 6.45) is 0. The second-order valence-electron chi connectivity index (χ2n) is 1.64. The number of nitrogens with zero attached hydrogens (tertiary/aromatic N) is 2. The van der Waals surface area contributed by atoms with Crippen molar-refractivity contribution in [1.82, 2.24) is 5.43 Å². The fraction of sp³-hybridized carbons (Fsp3) is 1.00. The van der Waals surface area contributed by atoms with Gasteiger partial charge in [0.2, 0.25) is 0 Å². The Labute approximate surface area is 75.6 Å². The zero-order valence-corrected chi connectivity index (χ0v) is 7.79. The topological polar surface area (TPSA) is 73.5 Å². The first-order chi connectivity index (χ1) is 3.66. The summed E-state index contributed by atoms with van der Waals surface area (Å²) in [5.41, 5.74) is 2.19. The second kappa shape index (κ2) is 6.12. The van der Waals surface area contributed by atoms with Crippen molar-refractivity contribution in [3.05, 3.63) is 10.4 Å². The van der Waals surface area contributed by atoms with Crippen LogP contribution in [0.15, 0.2) is 5.28 Å². The summed E-state index contributed by atoms with van der Waals surface area (Å²) in [6, 6.07) is -0.0507. The molecule has 0 aliphatic heterocycles. The standard InChI is InChI=1S/C3H9N3O2.Na/c1-3(2)4-6(8)5-7;/h3,7H,1-2H3,(H,4,5);/q;+1/p-1. The molecule has 0 amide bonds. The van der Waals surface area contributed by atoms with E-state index in [1.807, 2.05) is 5.28 Å². The Morgan fingerprint density at radius 1 is 1.56 bits per heavy atom. The van der Waals surface area contributed by atoms with E-state index >= 15 is 0 Å². The molecule has 6 heteroatoms. The molecule has 0 saturated heterocycles. The smallest absolute Gasteiger partial charge is 0.737 e. The van der Waals surface area contributed by atoms with Gasteiger partial charge in [0.25, 0.3) is 0 Å². The van der Waals surface area contributed by atoms with Crippen LogP contribution in [0.4, 0.5) is 0 Å². The van der Waals surface area contributed by atoms with Crippen LogP contribution >= 0.6 is 0 Å². The van der Waals surface area contributed by atoms with Gasteiger partial charge in [-0.3, -0.25) is 0 Å². The molecule has 0 aromatic heterocycles. The minimum Gasteiger partial charge on any atom is -0.737 e. The summed E-state index contributed by atoms with van der Waals surface area (Å²) in [6.45, 7) is 3.46. The van der Waals surface area contributed by atoms with E-state index in [4.69, 9.17) is 0 Å². The van der Waals surface area contributed by atoms with Crippen LogP contribution in [0.3, 0.4) is 0 Å². The second-order valence-corrected chi connectivity index (χ2v) is 1.64. The van der Waals surface area contributed by atoms with E-state index in [2.05, 4.69) is 5.43 Å². The first kappa shape index (κ1) is 11.8. The molecule has 0 spiro atoms. The molecule has 0 rings (SSSR count). The van der Waals surface area contributed by atoms with Gasteiger partial charge in [-0.05, 0) is 19.1 Å². The summed E-state index contributed by atoms with van der Waals surface area (Å²) < 4.78 is 0. The van der Waals surface area contributed by atoms with E-state index in [9.17, 15) is 10.4 Å². The van der Waals surface area contributed by atoms with Crippen molar-refractivity contribution in [2.24, 2.45) is 5.28 Å². The van der Waals surface area contributed by atoms with Gasteiger partial charge in [-0.1, -0.05) is 0 Å². The van der Waals surface area contributed by atoms with Crippen LogP contribution in [0.1, 0.15) is 13.8 Å². The molecule has 0 heterocycles. The molecule has 0 aromatic rings. The van der Waals surface area contributed by atoms with Gasteiger partial charge >= 0.3 is 29.6 Å². The zero-order chi connectivity index (χ0) is 6.57.